The van der Waals surface area contributed by atoms with Crippen LogP contribution in [0.1, 0.15) is 27.7 Å². The van der Waals surface area contributed by atoms with Gasteiger partial charge in [-0.3, -0.25) is 4.79 Å². The second-order valence-corrected chi connectivity index (χ2v) is 3.21. The van der Waals surface area contributed by atoms with Crippen LogP contribution < -0.4 is 0 Å². The first kappa shape index (κ1) is 7.52. The van der Waals surface area contributed by atoms with E-state index in [0.29, 0.717) is 5.78 Å². The summed E-state index contributed by atoms with van der Waals surface area (Å²) in [7, 11) is 0. The first-order valence-electron chi connectivity index (χ1n) is 3.76. The van der Waals surface area contributed by atoms with Crippen LogP contribution in [0.3, 0.4) is 0 Å². The molecule has 56 valence electrons. The molecule has 0 aliphatic heterocycles. The number of hydrogen-bond donors (Lipinski definition) is 0. The van der Waals surface area contributed by atoms with Crippen molar-refractivity contribution >= 4 is 5.78 Å². The molecule has 1 nitrogen and oxygen atoms in total. The fourth-order valence-electron chi connectivity index (χ4n) is 1.48. The standard InChI is InChI=1S/C9H14O/c1-5-6(2)8(4)9(10)7(5)3/h7-8H,1-4H3. The minimum atomic E-state index is 0.176. The molecule has 0 aromatic carbocycles. The predicted molar refractivity (Wildman–Crippen MR) is 41.7 cm³/mol. The Balaban J connectivity index is 2.99. The Morgan fingerprint density at radius 3 is 1.40 bits per heavy atom. The zero-order valence-electron chi connectivity index (χ0n) is 7.06. The summed E-state index contributed by atoms with van der Waals surface area (Å²) in [6.07, 6.45) is 0. The van der Waals surface area contributed by atoms with E-state index in [1.165, 1.54) is 11.1 Å². The zero-order chi connectivity index (χ0) is 7.89. The Morgan fingerprint density at radius 1 is 1.00 bits per heavy atom. The van der Waals surface area contributed by atoms with E-state index in [4.69, 9.17) is 0 Å². The van der Waals surface area contributed by atoms with E-state index in [-0.39, 0.29) is 11.8 Å². The van der Waals surface area contributed by atoms with Crippen molar-refractivity contribution in [3.05, 3.63) is 11.1 Å². The molecule has 1 heteroatoms. The molecule has 1 aliphatic rings. The van der Waals surface area contributed by atoms with Crippen LogP contribution in [0.15, 0.2) is 11.1 Å². The molecule has 1 rings (SSSR count). The largest absolute Gasteiger partial charge is 0.298 e. The molecule has 0 bridgehead atoms. The minimum Gasteiger partial charge on any atom is -0.298 e. The van der Waals surface area contributed by atoms with Gasteiger partial charge >= 0.3 is 0 Å². The second-order valence-electron chi connectivity index (χ2n) is 3.21. The summed E-state index contributed by atoms with van der Waals surface area (Å²) < 4.78 is 0. The highest BCUT2D eigenvalue weighted by Crippen LogP contribution is 2.32. The fraction of sp³-hybridized carbons (Fsp3) is 0.667. The number of Topliss-reactive ketones (excluding diaryl/α,β-unsaturated/α-hetero) is 1. The van der Waals surface area contributed by atoms with Crippen LogP contribution in [-0.2, 0) is 4.79 Å². The molecule has 0 N–H and O–H groups in total. The highest BCUT2D eigenvalue weighted by Gasteiger charge is 2.30. The van der Waals surface area contributed by atoms with Gasteiger partial charge < -0.3 is 0 Å². The molecule has 0 amide bonds. The smallest absolute Gasteiger partial charge is 0.146 e. The van der Waals surface area contributed by atoms with Crippen LogP contribution in [0.4, 0.5) is 0 Å². The summed E-state index contributed by atoms with van der Waals surface area (Å²) in [4.78, 5) is 11.3. The van der Waals surface area contributed by atoms with Gasteiger partial charge in [-0.05, 0) is 13.8 Å². The number of rotatable bonds is 0. The zero-order valence-corrected chi connectivity index (χ0v) is 7.06. The summed E-state index contributed by atoms with van der Waals surface area (Å²) in [6, 6.07) is 0. The van der Waals surface area contributed by atoms with Crippen molar-refractivity contribution in [2.75, 3.05) is 0 Å². The molecule has 0 fully saturated rings. The summed E-state index contributed by atoms with van der Waals surface area (Å²) in [5.74, 6) is 0.736. The van der Waals surface area contributed by atoms with Crippen LogP contribution in [0.25, 0.3) is 0 Å². The summed E-state index contributed by atoms with van der Waals surface area (Å²) in [6.45, 7) is 8.10. The van der Waals surface area contributed by atoms with Gasteiger partial charge in [-0.2, -0.15) is 0 Å². The topological polar surface area (TPSA) is 17.1 Å². The summed E-state index contributed by atoms with van der Waals surface area (Å²) in [5, 5.41) is 0. The van der Waals surface area contributed by atoms with Gasteiger partial charge in [-0.15, -0.1) is 0 Å². The lowest BCUT2D eigenvalue weighted by Gasteiger charge is -2.01. The van der Waals surface area contributed by atoms with Gasteiger partial charge in [-0.25, -0.2) is 0 Å². The molecule has 2 atom stereocenters. The number of ketones is 1. The van der Waals surface area contributed by atoms with E-state index in [9.17, 15) is 4.79 Å². The molecule has 0 saturated heterocycles. The lowest BCUT2D eigenvalue weighted by atomic mass is 10.0. The lowest BCUT2D eigenvalue weighted by Crippen LogP contribution is -2.11. The monoisotopic (exact) mass is 138 g/mol. The van der Waals surface area contributed by atoms with Gasteiger partial charge in [0.2, 0.25) is 0 Å². The molecule has 1 aliphatic carbocycles. The molecule has 0 saturated carbocycles. The van der Waals surface area contributed by atoms with Crippen LogP contribution in [0.2, 0.25) is 0 Å². The summed E-state index contributed by atoms with van der Waals surface area (Å²) >= 11 is 0. The molecule has 10 heavy (non-hydrogen) atoms. The van der Waals surface area contributed by atoms with Crippen LogP contribution in [-0.4, -0.2) is 5.78 Å². The average molecular weight is 138 g/mol. The third-order valence-corrected chi connectivity index (χ3v) is 2.77. The molecule has 0 heterocycles. The van der Waals surface area contributed by atoms with Crippen molar-refractivity contribution in [2.45, 2.75) is 27.7 Å². The number of hydrogen-bond acceptors (Lipinski definition) is 1. The maximum absolute atomic E-state index is 11.3. The first-order chi connectivity index (χ1) is 4.55. The maximum Gasteiger partial charge on any atom is 0.146 e. The fourth-order valence-corrected chi connectivity index (χ4v) is 1.48. The van der Waals surface area contributed by atoms with Gasteiger partial charge in [0, 0.05) is 11.8 Å². The van der Waals surface area contributed by atoms with Crippen molar-refractivity contribution < 1.29 is 4.79 Å². The highest BCUT2D eigenvalue weighted by molar-refractivity contribution is 5.91. The quantitative estimate of drug-likeness (QED) is 0.469. The number of carbonyl (C=O) groups excluding carboxylic acids is 1. The van der Waals surface area contributed by atoms with E-state index < -0.39 is 0 Å². The molecule has 0 radical (unpaired) electrons. The van der Waals surface area contributed by atoms with Crippen molar-refractivity contribution in [3.63, 3.8) is 0 Å². The van der Waals surface area contributed by atoms with Gasteiger partial charge in [0.25, 0.3) is 0 Å². The van der Waals surface area contributed by atoms with E-state index in [1.54, 1.807) is 0 Å². The Bertz CT molecular complexity index is 181. The van der Waals surface area contributed by atoms with E-state index in [1.807, 2.05) is 13.8 Å². The van der Waals surface area contributed by atoms with E-state index in [2.05, 4.69) is 13.8 Å². The predicted octanol–water partition coefficient (Wildman–Crippen LogP) is 2.18. The van der Waals surface area contributed by atoms with Crippen molar-refractivity contribution in [1.82, 2.24) is 0 Å². The Hall–Kier alpha value is -0.590. The Labute approximate surface area is 62.1 Å². The molecular formula is C9H14O. The molecule has 2 unspecified atom stereocenters. The Morgan fingerprint density at radius 2 is 1.30 bits per heavy atom. The molecule has 0 aromatic heterocycles. The van der Waals surface area contributed by atoms with Crippen molar-refractivity contribution in [1.29, 1.82) is 0 Å². The summed E-state index contributed by atoms with van der Waals surface area (Å²) in [5.41, 5.74) is 2.55. The lowest BCUT2D eigenvalue weighted by molar-refractivity contribution is -0.122. The van der Waals surface area contributed by atoms with Crippen molar-refractivity contribution in [3.8, 4) is 0 Å². The maximum atomic E-state index is 11.3. The molecule has 0 aromatic rings. The second kappa shape index (κ2) is 2.22. The minimum absolute atomic E-state index is 0.176. The third-order valence-electron chi connectivity index (χ3n) is 2.77. The van der Waals surface area contributed by atoms with Gasteiger partial charge in [0.05, 0.1) is 0 Å². The van der Waals surface area contributed by atoms with Gasteiger partial charge in [-0.1, -0.05) is 25.0 Å². The Kier molecular flexibility index (Phi) is 1.67. The molecular weight excluding hydrogens is 124 g/mol. The third kappa shape index (κ3) is 0.808. The first-order valence-corrected chi connectivity index (χ1v) is 3.76. The molecule has 0 spiro atoms. The number of carbonyl (C=O) groups is 1. The van der Waals surface area contributed by atoms with Crippen molar-refractivity contribution in [2.24, 2.45) is 11.8 Å². The average Bonchev–Trinajstić information content (AvgIpc) is 2.07. The number of allylic oxidation sites excluding steroid dienone is 2. The van der Waals surface area contributed by atoms with Gasteiger partial charge in [0.1, 0.15) is 5.78 Å². The van der Waals surface area contributed by atoms with E-state index in [0.717, 1.165) is 0 Å². The van der Waals surface area contributed by atoms with Crippen LogP contribution >= 0.6 is 0 Å². The highest BCUT2D eigenvalue weighted by atomic mass is 16.1. The van der Waals surface area contributed by atoms with Crippen LogP contribution in [0, 0.1) is 11.8 Å². The van der Waals surface area contributed by atoms with Gasteiger partial charge in [0.15, 0.2) is 0 Å². The van der Waals surface area contributed by atoms with Crippen LogP contribution in [0.5, 0.6) is 0 Å². The van der Waals surface area contributed by atoms with E-state index >= 15 is 0 Å². The SMILES string of the molecule is CC1=C(C)C(C)C(=O)C1C. The normalized spacial score (nSPS) is 33.8.